The monoisotopic (exact) mass is 414 g/mol. The van der Waals surface area contributed by atoms with Gasteiger partial charge < -0.3 is 15.5 Å². The largest absolute Gasteiger partial charge is 0.368 e. The van der Waals surface area contributed by atoms with Crippen molar-refractivity contribution in [3.8, 4) is 10.4 Å². The number of amides is 2. The van der Waals surface area contributed by atoms with Crippen molar-refractivity contribution in [2.24, 2.45) is 11.7 Å². The molecule has 2 bridgehead atoms. The normalized spacial score (nSPS) is 25.8. The van der Waals surface area contributed by atoms with Gasteiger partial charge in [-0.1, -0.05) is 23.5 Å². The first-order chi connectivity index (χ1) is 14.0. The molecule has 2 aromatic rings. The van der Waals surface area contributed by atoms with Gasteiger partial charge in [0.1, 0.15) is 17.6 Å². The number of hydrogen-bond acceptors (Lipinski definition) is 5. The van der Waals surface area contributed by atoms with E-state index >= 15 is 0 Å². The minimum atomic E-state index is -0.556. The fraction of sp³-hybridized carbons (Fsp3) is 0.476. The molecule has 2 amide bonds. The van der Waals surface area contributed by atoms with Crippen LogP contribution in [0.3, 0.4) is 0 Å². The van der Waals surface area contributed by atoms with Gasteiger partial charge in [0.25, 0.3) is 5.91 Å². The van der Waals surface area contributed by atoms with Crippen LogP contribution in [0.1, 0.15) is 42.6 Å². The number of piperidine rings is 1. The Morgan fingerprint density at radius 3 is 2.55 bits per heavy atom. The highest BCUT2D eigenvalue weighted by Gasteiger charge is 2.51. The van der Waals surface area contributed by atoms with E-state index in [2.05, 4.69) is 4.90 Å². The average molecular weight is 415 g/mol. The lowest BCUT2D eigenvalue weighted by molar-refractivity contribution is -0.123. The number of carbonyl (C=O) groups excluding carboxylic acids is 2. The summed E-state index contributed by atoms with van der Waals surface area (Å²) < 4.78 is 13.5. The number of primary amides is 1. The molecular formula is C21H23FN4O2S. The Morgan fingerprint density at radius 1 is 1.14 bits per heavy atom. The molecule has 2 saturated heterocycles. The number of nitrogens with zero attached hydrogens (tertiary/aromatic N) is 3. The fourth-order valence-electron chi connectivity index (χ4n) is 5.06. The molecule has 0 unspecified atom stereocenters. The Hall–Kier alpha value is -2.48. The van der Waals surface area contributed by atoms with E-state index in [0.717, 1.165) is 60.8 Å². The molecule has 1 saturated carbocycles. The molecule has 0 radical (unpaired) electrons. The Kier molecular flexibility index (Phi) is 4.53. The average Bonchev–Trinajstić information content (AvgIpc) is 3.50. The predicted molar refractivity (Wildman–Crippen MR) is 109 cm³/mol. The van der Waals surface area contributed by atoms with Gasteiger partial charge >= 0.3 is 0 Å². The second kappa shape index (κ2) is 7.09. The lowest BCUT2D eigenvalue weighted by Gasteiger charge is -2.33. The summed E-state index contributed by atoms with van der Waals surface area (Å²) in [7, 11) is 0. The second-order valence-corrected chi connectivity index (χ2v) is 9.14. The molecule has 1 aliphatic carbocycles. The standard InChI is InChI=1S/C21H23FN4O2S/c22-14-6-3-12(4-7-14)18-16(24-21(29-18)25-9-1-2-10-25)20(28)26-15-8-5-13(11-15)17(26)19(23)27/h3-4,6-7,13,15,17H,1-2,5,8-11H2,(H2,23,27)/t13-,15+,17-/m1/s1. The Balaban J connectivity index is 1.56. The van der Waals surface area contributed by atoms with E-state index in [4.69, 9.17) is 10.7 Å². The SMILES string of the molecule is NC(=O)[C@H]1[C@@H]2CC[C@@H](C2)N1C(=O)c1nc(N2CCCC2)sc1-c1ccc(F)cc1. The molecule has 2 N–H and O–H groups in total. The smallest absolute Gasteiger partial charge is 0.275 e. The molecule has 2 aliphatic heterocycles. The number of rotatable bonds is 4. The van der Waals surface area contributed by atoms with E-state index < -0.39 is 11.9 Å². The Labute approximate surface area is 172 Å². The lowest BCUT2D eigenvalue weighted by Crippen LogP contribution is -2.51. The zero-order valence-corrected chi connectivity index (χ0v) is 16.8. The number of carbonyl (C=O) groups is 2. The maximum absolute atomic E-state index is 13.6. The fourth-order valence-corrected chi connectivity index (χ4v) is 6.18. The third kappa shape index (κ3) is 3.10. The molecule has 29 heavy (non-hydrogen) atoms. The molecule has 3 fully saturated rings. The third-order valence-electron chi connectivity index (χ3n) is 6.41. The van der Waals surface area contributed by atoms with Gasteiger partial charge in [0.15, 0.2) is 5.13 Å². The molecule has 3 atom stereocenters. The van der Waals surface area contributed by atoms with E-state index in [-0.39, 0.29) is 23.7 Å². The number of hydrogen-bond donors (Lipinski definition) is 1. The zero-order valence-electron chi connectivity index (χ0n) is 16.0. The van der Waals surface area contributed by atoms with Gasteiger partial charge in [-0.25, -0.2) is 9.37 Å². The number of aromatic nitrogens is 1. The maximum Gasteiger partial charge on any atom is 0.275 e. The van der Waals surface area contributed by atoms with E-state index in [1.807, 2.05) is 0 Å². The van der Waals surface area contributed by atoms with Gasteiger partial charge in [-0.3, -0.25) is 9.59 Å². The predicted octanol–water partition coefficient (Wildman–Crippen LogP) is 3.03. The second-order valence-electron chi connectivity index (χ2n) is 8.16. The minimum Gasteiger partial charge on any atom is -0.368 e. The Morgan fingerprint density at radius 2 is 1.86 bits per heavy atom. The number of thiazole rings is 1. The van der Waals surface area contributed by atoms with Crippen molar-refractivity contribution in [1.29, 1.82) is 0 Å². The number of nitrogens with two attached hydrogens (primary N) is 1. The van der Waals surface area contributed by atoms with Crippen LogP contribution in [0.4, 0.5) is 9.52 Å². The summed E-state index contributed by atoms with van der Waals surface area (Å²) in [6.45, 7) is 1.84. The zero-order chi connectivity index (χ0) is 20.1. The van der Waals surface area contributed by atoms with Crippen molar-refractivity contribution < 1.29 is 14.0 Å². The summed E-state index contributed by atoms with van der Waals surface area (Å²) >= 11 is 1.46. The van der Waals surface area contributed by atoms with Crippen molar-refractivity contribution in [3.63, 3.8) is 0 Å². The number of fused-ring (bicyclic) bond motifs is 2. The highest BCUT2D eigenvalue weighted by atomic mass is 32.1. The van der Waals surface area contributed by atoms with Crippen LogP contribution in [0, 0.1) is 11.7 Å². The van der Waals surface area contributed by atoms with Crippen LogP contribution in [0.2, 0.25) is 0 Å². The first-order valence-electron chi connectivity index (χ1n) is 10.2. The summed E-state index contributed by atoms with van der Waals surface area (Å²) in [5.41, 5.74) is 6.77. The van der Waals surface area contributed by atoms with Crippen LogP contribution in [0.25, 0.3) is 10.4 Å². The first-order valence-corrected chi connectivity index (χ1v) is 11.0. The Bertz CT molecular complexity index is 954. The van der Waals surface area contributed by atoms with Crippen LogP contribution in [-0.4, -0.2) is 46.9 Å². The van der Waals surface area contributed by atoms with Gasteiger partial charge in [-0.05, 0) is 55.7 Å². The first kappa shape index (κ1) is 18.5. The number of anilines is 1. The number of benzene rings is 1. The van der Waals surface area contributed by atoms with Gasteiger partial charge in [0.05, 0.1) is 4.88 Å². The van der Waals surface area contributed by atoms with E-state index in [9.17, 15) is 14.0 Å². The van der Waals surface area contributed by atoms with Crippen molar-refractivity contribution in [1.82, 2.24) is 9.88 Å². The van der Waals surface area contributed by atoms with Crippen molar-refractivity contribution in [2.75, 3.05) is 18.0 Å². The van der Waals surface area contributed by atoms with Gasteiger partial charge in [0.2, 0.25) is 5.91 Å². The number of halogens is 1. The van der Waals surface area contributed by atoms with Crippen molar-refractivity contribution in [3.05, 3.63) is 35.8 Å². The summed E-state index contributed by atoms with van der Waals surface area (Å²) in [6, 6.07) is 5.62. The van der Waals surface area contributed by atoms with Gasteiger partial charge in [-0.15, -0.1) is 0 Å². The molecule has 1 aromatic heterocycles. The summed E-state index contributed by atoms with van der Waals surface area (Å²) in [5.74, 6) is -0.852. The number of likely N-dealkylation sites (tertiary alicyclic amines) is 1. The van der Waals surface area contributed by atoms with Crippen LogP contribution < -0.4 is 10.6 Å². The molecular weight excluding hydrogens is 391 g/mol. The highest BCUT2D eigenvalue weighted by molar-refractivity contribution is 7.19. The van der Waals surface area contributed by atoms with E-state index in [0.29, 0.717) is 5.69 Å². The molecule has 1 aromatic carbocycles. The van der Waals surface area contributed by atoms with Crippen molar-refractivity contribution in [2.45, 2.75) is 44.2 Å². The third-order valence-corrected chi connectivity index (χ3v) is 7.58. The maximum atomic E-state index is 13.6. The molecule has 6 nitrogen and oxygen atoms in total. The summed E-state index contributed by atoms with van der Waals surface area (Å²) in [4.78, 5) is 35.0. The molecule has 8 heteroatoms. The minimum absolute atomic E-state index is 0.0444. The van der Waals surface area contributed by atoms with Crippen molar-refractivity contribution >= 4 is 28.3 Å². The topological polar surface area (TPSA) is 79.5 Å². The molecule has 3 aliphatic rings. The van der Waals surface area contributed by atoms with Crippen LogP contribution in [0.5, 0.6) is 0 Å². The summed E-state index contributed by atoms with van der Waals surface area (Å²) in [5, 5.41) is 0.810. The highest BCUT2D eigenvalue weighted by Crippen LogP contribution is 2.45. The van der Waals surface area contributed by atoms with Crippen LogP contribution in [-0.2, 0) is 4.79 Å². The van der Waals surface area contributed by atoms with E-state index in [1.54, 1.807) is 17.0 Å². The lowest BCUT2D eigenvalue weighted by atomic mass is 9.97. The molecule has 152 valence electrons. The molecule has 0 spiro atoms. The molecule has 5 rings (SSSR count). The quantitative estimate of drug-likeness (QED) is 0.834. The van der Waals surface area contributed by atoms with E-state index in [1.165, 1.54) is 23.5 Å². The summed E-state index contributed by atoms with van der Waals surface area (Å²) in [6.07, 6.45) is 4.87. The van der Waals surface area contributed by atoms with Crippen LogP contribution in [0.15, 0.2) is 24.3 Å². The van der Waals surface area contributed by atoms with Gasteiger partial charge in [0, 0.05) is 19.1 Å². The van der Waals surface area contributed by atoms with Crippen LogP contribution >= 0.6 is 11.3 Å². The van der Waals surface area contributed by atoms with Gasteiger partial charge in [-0.2, -0.15) is 0 Å². The molecule has 3 heterocycles.